The van der Waals surface area contributed by atoms with Crippen molar-refractivity contribution >= 4 is 46.2 Å². The van der Waals surface area contributed by atoms with E-state index in [-0.39, 0.29) is 47.6 Å². The lowest BCUT2D eigenvalue weighted by molar-refractivity contribution is -0.0477. The maximum absolute atomic E-state index is 16.7. The summed E-state index contributed by atoms with van der Waals surface area (Å²) in [6.45, 7) is 15.7. The summed E-state index contributed by atoms with van der Waals surface area (Å²) in [4.78, 5) is 51.6. The molecule has 3 aromatic rings. The Morgan fingerprint density at radius 2 is 1.59 bits per heavy atom. The third-order valence-corrected chi connectivity index (χ3v) is 8.72. The van der Waals surface area contributed by atoms with E-state index in [1.54, 1.807) is 60.6 Å². The van der Waals surface area contributed by atoms with Crippen molar-refractivity contribution in [2.75, 3.05) is 55.0 Å². The molecule has 0 unspecified atom stereocenters. The van der Waals surface area contributed by atoms with Crippen LogP contribution in [0.25, 0.3) is 21.9 Å². The molecule has 2 aromatic heterocycles. The van der Waals surface area contributed by atoms with Crippen LogP contribution in [0.2, 0.25) is 0 Å². The molecule has 0 bridgehead atoms. The largest absolute Gasteiger partial charge is 0.474 e. The van der Waals surface area contributed by atoms with Gasteiger partial charge in [0.2, 0.25) is 5.88 Å². The number of nitrogens with one attached hydrogen (secondary N) is 2. The molecule has 2 aliphatic heterocycles. The van der Waals surface area contributed by atoms with Crippen LogP contribution in [-0.2, 0) is 18.9 Å². The second-order valence-corrected chi connectivity index (χ2v) is 14.9. The average molecular weight is 709 g/mol. The van der Waals surface area contributed by atoms with Gasteiger partial charge in [-0.2, -0.15) is 0 Å². The fourth-order valence-corrected chi connectivity index (χ4v) is 6.33. The van der Waals surface area contributed by atoms with Gasteiger partial charge in [0.05, 0.1) is 25.4 Å². The summed E-state index contributed by atoms with van der Waals surface area (Å²) in [5.74, 6) is -0.402. The number of carbonyl (C=O) groups excluding carboxylic acids is 3. The van der Waals surface area contributed by atoms with E-state index < -0.39 is 35.3 Å². The molecule has 0 atom stereocenters. The Labute approximate surface area is 295 Å². The van der Waals surface area contributed by atoms with Crippen LogP contribution in [-0.4, -0.2) is 96.0 Å². The van der Waals surface area contributed by atoms with Gasteiger partial charge in [-0.1, -0.05) is 0 Å². The monoisotopic (exact) mass is 708 g/mol. The van der Waals surface area contributed by atoms with Gasteiger partial charge in [-0.15, -0.1) is 0 Å². The van der Waals surface area contributed by atoms with Crippen LogP contribution < -0.4 is 20.3 Å². The van der Waals surface area contributed by atoms with E-state index in [0.29, 0.717) is 41.5 Å². The molecule has 274 valence electrons. The number of carbonyl (C=O) groups is 3. The fourth-order valence-electron chi connectivity index (χ4n) is 6.33. The maximum atomic E-state index is 16.7. The summed E-state index contributed by atoms with van der Waals surface area (Å²) in [6, 6.07) is 3.49. The number of halogens is 1. The summed E-state index contributed by atoms with van der Waals surface area (Å²) in [5, 5.41) is 5.94. The first kappa shape index (κ1) is 36.0. The number of rotatable bonds is 5. The van der Waals surface area contributed by atoms with Crippen molar-refractivity contribution in [3.63, 3.8) is 0 Å². The first-order chi connectivity index (χ1) is 24.1. The molecule has 2 fully saturated rings. The summed E-state index contributed by atoms with van der Waals surface area (Å²) in [7, 11) is 0. The quantitative estimate of drug-likeness (QED) is 0.274. The molecule has 0 spiro atoms. The highest BCUT2D eigenvalue weighted by Gasteiger charge is 2.37. The molecule has 1 aromatic carbocycles. The van der Waals surface area contributed by atoms with Crippen molar-refractivity contribution in [3.8, 4) is 17.0 Å². The highest BCUT2D eigenvalue weighted by Crippen LogP contribution is 2.43. The predicted molar refractivity (Wildman–Crippen MR) is 188 cm³/mol. The van der Waals surface area contributed by atoms with Gasteiger partial charge in [0.15, 0.2) is 5.82 Å². The van der Waals surface area contributed by atoms with Crippen LogP contribution in [0.3, 0.4) is 0 Å². The number of ether oxygens (including phenoxy) is 5. The molecule has 51 heavy (non-hydrogen) atoms. The van der Waals surface area contributed by atoms with Gasteiger partial charge in [0, 0.05) is 60.9 Å². The second kappa shape index (κ2) is 14.1. The molecule has 1 saturated carbocycles. The highest BCUT2D eigenvalue weighted by molar-refractivity contribution is 6.05. The highest BCUT2D eigenvalue weighted by atomic mass is 19.1. The Morgan fingerprint density at radius 3 is 2.27 bits per heavy atom. The van der Waals surface area contributed by atoms with Crippen LogP contribution in [0.1, 0.15) is 59.9 Å². The number of hydrogen-bond donors (Lipinski definition) is 2. The SMILES string of the molecule is Cc1c(-c2cc3cc(NC(=O)O[C@H]4C[C@H](N5CCOCC5)C4)ncc3c(NC(=O)OC(C)(C)C)c2F)cnc2c1N(C(=O)OC(C)(C)C)CCO2. The summed E-state index contributed by atoms with van der Waals surface area (Å²) in [5.41, 5.74) is -0.531. The first-order valence-electron chi connectivity index (χ1n) is 17.1. The summed E-state index contributed by atoms with van der Waals surface area (Å²) < 4.78 is 44.6. The Balaban J connectivity index is 1.32. The molecule has 6 rings (SSSR count). The van der Waals surface area contributed by atoms with E-state index in [4.69, 9.17) is 23.7 Å². The lowest BCUT2D eigenvalue weighted by atomic mass is 9.87. The third kappa shape index (κ3) is 8.25. The fraction of sp³-hybridized carbons (Fsp3) is 0.528. The normalized spacial score (nSPS) is 19.3. The van der Waals surface area contributed by atoms with Crippen LogP contribution in [0.15, 0.2) is 24.5 Å². The molecule has 3 amide bonds. The van der Waals surface area contributed by atoms with Gasteiger partial charge in [0.1, 0.15) is 35.4 Å². The standard InChI is InChI=1S/C36H45FN6O8/c1-20-25(18-39-31-30(20)43(10-13-48-31)34(46)51-36(5,6)7)24-14-21-15-27(38-19-26(21)29(28(24)37)41-33(45)50-35(2,3)4)40-32(44)49-23-16-22(17-23)42-8-11-47-12-9-42/h14-15,18-19,22-23H,8-13,16-17H2,1-7H3,(H,41,45)(H,38,40,44)/t22-,23-. The smallest absolute Gasteiger partial charge is 0.415 e. The number of hydrogen-bond acceptors (Lipinski definition) is 11. The molecule has 15 heteroatoms. The molecular formula is C36H45FN6O8. The number of fused-ring (bicyclic) bond motifs is 2. The second-order valence-electron chi connectivity index (χ2n) is 14.9. The zero-order valence-electron chi connectivity index (χ0n) is 30.1. The van der Waals surface area contributed by atoms with Crippen molar-refractivity contribution in [1.82, 2.24) is 14.9 Å². The lowest BCUT2D eigenvalue weighted by Gasteiger charge is -2.43. The van der Waals surface area contributed by atoms with E-state index in [1.807, 2.05) is 0 Å². The van der Waals surface area contributed by atoms with E-state index >= 15 is 4.39 Å². The zero-order chi connectivity index (χ0) is 36.7. The lowest BCUT2D eigenvalue weighted by Crippen LogP contribution is -2.52. The molecule has 14 nitrogen and oxygen atoms in total. The predicted octanol–water partition coefficient (Wildman–Crippen LogP) is 6.64. The third-order valence-electron chi connectivity index (χ3n) is 8.72. The number of pyridine rings is 2. The van der Waals surface area contributed by atoms with Crippen molar-refractivity contribution in [3.05, 3.63) is 35.9 Å². The first-order valence-corrected chi connectivity index (χ1v) is 17.1. The van der Waals surface area contributed by atoms with Crippen LogP contribution in [0.4, 0.5) is 36.0 Å². The summed E-state index contributed by atoms with van der Waals surface area (Å²) in [6.07, 6.45) is 1.97. The minimum absolute atomic E-state index is 0.0689. The van der Waals surface area contributed by atoms with Gasteiger partial charge in [-0.05, 0) is 71.5 Å². The van der Waals surface area contributed by atoms with Gasteiger partial charge in [-0.3, -0.25) is 20.4 Å². The van der Waals surface area contributed by atoms with Crippen LogP contribution >= 0.6 is 0 Å². The number of benzene rings is 1. The molecule has 4 heterocycles. The number of anilines is 3. The van der Waals surface area contributed by atoms with Gasteiger partial charge in [0.25, 0.3) is 0 Å². The molecule has 1 saturated heterocycles. The minimum atomic E-state index is -0.869. The number of aromatic nitrogens is 2. The Kier molecular flexibility index (Phi) is 9.97. The Hall–Kier alpha value is -4.76. The van der Waals surface area contributed by atoms with Crippen molar-refractivity contribution in [1.29, 1.82) is 0 Å². The number of nitrogens with zero attached hydrogens (tertiary/aromatic N) is 4. The van der Waals surface area contributed by atoms with Gasteiger partial charge < -0.3 is 23.7 Å². The van der Waals surface area contributed by atoms with Gasteiger partial charge in [-0.25, -0.2) is 28.7 Å². The Bertz CT molecular complexity index is 1830. The van der Waals surface area contributed by atoms with Crippen LogP contribution in [0, 0.1) is 12.7 Å². The molecular weight excluding hydrogens is 663 g/mol. The average Bonchev–Trinajstić information content (AvgIpc) is 3.02. The molecule has 1 aliphatic carbocycles. The number of morpholine rings is 1. The van der Waals surface area contributed by atoms with E-state index in [1.165, 1.54) is 17.3 Å². The molecule has 2 N–H and O–H groups in total. The van der Waals surface area contributed by atoms with Crippen LogP contribution in [0.5, 0.6) is 5.88 Å². The van der Waals surface area contributed by atoms with Gasteiger partial charge >= 0.3 is 18.3 Å². The molecule has 0 radical (unpaired) electrons. The van der Waals surface area contributed by atoms with E-state index in [0.717, 1.165) is 25.9 Å². The maximum Gasteiger partial charge on any atom is 0.415 e. The van der Waals surface area contributed by atoms with E-state index in [9.17, 15) is 14.4 Å². The van der Waals surface area contributed by atoms with Crippen molar-refractivity contribution < 1.29 is 42.5 Å². The number of amides is 3. The van der Waals surface area contributed by atoms with Crippen molar-refractivity contribution in [2.45, 2.75) is 84.7 Å². The molecule has 3 aliphatic rings. The topological polar surface area (TPSA) is 154 Å². The summed E-state index contributed by atoms with van der Waals surface area (Å²) >= 11 is 0. The minimum Gasteiger partial charge on any atom is -0.474 e. The Morgan fingerprint density at radius 1 is 0.882 bits per heavy atom. The zero-order valence-corrected chi connectivity index (χ0v) is 30.1. The van der Waals surface area contributed by atoms with Crippen molar-refractivity contribution in [2.24, 2.45) is 0 Å². The van der Waals surface area contributed by atoms with E-state index in [2.05, 4.69) is 25.5 Å².